The van der Waals surface area contributed by atoms with E-state index in [9.17, 15) is 0 Å². The van der Waals surface area contributed by atoms with Crippen molar-refractivity contribution in [2.75, 3.05) is 20.3 Å². The van der Waals surface area contributed by atoms with E-state index in [2.05, 4.69) is 5.32 Å². The maximum absolute atomic E-state index is 8.77. The molecule has 0 heterocycles. The maximum Gasteiger partial charge on any atom is 0.161 e. The van der Waals surface area contributed by atoms with E-state index < -0.39 is 0 Å². The van der Waals surface area contributed by atoms with Crippen LogP contribution in [0.3, 0.4) is 0 Å². The number of aliphatic hydroxyl groups is 1. The maximum atomic E-state index is 8.77. The number of aliphatic hydroxyl groups excluding tert-OH is 1. The molecule has 2 N–H and O–H groups in total. The molecule has 0 saturated heterocycles. The van der Waals surface area contributed by atoms with Crippen molar-refractivity contribution in [1.82, 2.24) is 5.32 Å². The predicted molar refractivity (Wildman–Crippen MR) is 87.6 cm³/mol. The predicted octanol–water partition coefficient (Wildman–Crippen LogP) is 3.01. The molecule has 2 aromatic carbocycles. The van der Waals surface area contributed by atoms with Crippen LogP contribution in [0, 0.1) is 0 Å². The molecule has 22 heavy (non-hydrogen) atoms. The largest absolute Gasteiger partial charge is 0.493 e. The van der Waals surface area contributed by atoms with Crippen molar-refractivity contribution in [3.63, 3.8) is 0 Å². The van der Waals surface area contributed by atoms with Gasteiger partial charge in [-0.05, 0) is 35.4 Å². The van der Waals surface area contributed by atoms with Gasteiger partial charge in [0.2, 0.25) is 0 Å². The van der Waals surface area contributed by atoms with Gasteiger partial charge in [0.15, 0.2) is 11.5 Å². The van der Waals surface area contributed by atoms with E-state index in [0.29, 0.717) is 36.2 Å². The first-order valence-electron chi connectivity index (χ1n) is 7.08. The number of halogens is 1. The Bertz CT molecular complexity index is 587. The van der Waals surface area contributed by atoms with Gasteiger partial charge >= 0.3 is 0 Å². The lowest BCUT2D eigenvalue weighted by atomic mass is 10.2. The van der Waals surface area contributed by atoms with Crippen molar-refractivity contribution in [2.24, 2.45) is 0 Å². The SMILES string of the molecule is COc1cc(CNCCO)ccc1OCc1ccc(Cl)cc1. The number of benzene rings is 2. The van der Waals surface area contributed by atoms with Crippen molar-refractivity contribution in [2.45, 2.75) is 13.2 Å². The molecule has 0 aliphatic heterocycles. The minimum Gasteiger partial charge on any atom is -0.493 e. The van der Waals surface area contributed by atoms with Gasteiger partial charge in [-0.15, -0.1) is 0 Å². The average Bonchev–Trinajstić information content (AvgIpc) is 2.55. The molecular formula is C17H20ClNO3. The number of rotatable bonds is 8. The molecular weight excluding hydrogens is 302 g/mol. The number of hydrogen-bond acceptors (Lipinski definition) is 4. The van der Waals surface area contributed by atoms with Crippen molar-refractivity contribution in [1.29, 1.82) is 0 Å². The van der Waals surface area contributed by atoms with Gasteiger partial charge in [-0.1, -0.05) is 29.8 Å². The Hall–Kier alpha value is -1.75. The normalized spacial score (nSPS) is 10.5. The quantitative estimate of drug-likeness (QED) is 0.734. The van der Waals surface area contributed by atoms with Gasteiger partial charge in [0.05, 0.1) is 13.7 Å². The van der Waals surface area contributed by atoms with Crippen LogP contribution in [-0.2, 0) is 13.2 Å². The fourth-order valence-electron chi connectivity index (χ4n) is 1.99. The minimum atomic E-state index is 0.124. The molecule has 0 bridgehead atoms. The fourth-order valence-corrected chi connectivity index (χ4v) is 2.12. The van der Waals surface area contributed by atoms with E-state index in [1.54, 1.807) is 7.11 Å². The van der Waals surface area contributed by atoms with Crippen LogP contribution in [0.2, 0.25) is 5.02 Å². The first-order valence-corrected chi connectivity index (χ1v) is 7.46. The van der Waals surface area contributed by atoms with Crippen LogP contribution in [0.1, 0.15) is 11.1 Å². The fraction of sp³-hybridized carbons (Fsp3) is 0.294. The molecule has 0 aliphatic rings. The Kier molecular flexibility index (Phi) is 6.52. The number of hydrogen-bond donors (Lipinski definition) is 2. The number of ether oxygens (including phenoxy) is 2. The molecule has 2 aromatic rings. The average molecular weight is 322 g/mol. The van der Waals surface area contributed by atoms with E-state index in [1.165, 1.54) is 0 Å². The van der Waals surface area contributed by atoms with Gasteiger partial charge < -0.3 is 19.9 Å². The highest BCUT2D eigenvalue weighted by atomic mass is 35.5. The standard InChI is InChI=1S/C17H20ClNO3/c1-21-17-10-14(11-19-8-9-20)4-7-16(17)22-12-13-2-5-15(18)6-3-13/h2-7,10,19-20H,8-9,11-12H2,1H3. The second kappa shape index (κ2) is 8.63. The zero-order valence-corrected chi connectivity index (χ0v) is 13.3. The van der Waals surface area contributed by atoms with Crippen molar-refractivity contribution in [3.05, 3.63) is 58.6 Å². The molecule has 0 amide bonds. The van der Waals surface area contributed by atoms with Crippen LogP contribution in [0.15, 0.2) is 42.5 Å². The van der Waals surface area contributed by atoms with Gasteiger partial charge in [0.1, 0.15) is 6.61 Å². The molecule has 0 radical (unpaired) electrons. The van der Waals surface area contributed by atoms with Crippen LogP contribution in [-0.4, -0.2) is 25.4 Å². The van der Waals surface area contributed by atoms with Crippen molar-refractivity contribution >= 4 is 11.6 Å². The van der Waals surface area contributed by atoms with Crippen LogP contribution in [0.4, 0.5) is 0 Å². The summed E-state index contributed by atoms with van der Waals surface area (Å²) in [6.45, 7) is 1.82. The van der Waals surface area contributed by atoms with Gasteiger partial charge in [-0.3, -0.25) is 0 Å². The molecule has 0 unspecified atom stereocenters. The van der Waals surface area contributed by atoms with E-state index in [4.69, 9.17) is 26.2 Å². The first kappa shape index (κ1) is 16.6. The summed E-state index contributed by atoms with van der Waals surface area (Å²) in [5.74, 6) is 1.39. The third kappa shape index (κ3) is 4.91. The highest BCUT2D eigenvalue weighted by Gasteiger charge is 2.06. The lowest BCUT2D eigenvalue weighted by Crippen LogP contribution is -2.17. The molecule has 4 nitrogen and oxygen atoms in total. The molecule has 0 aliphatic carbocycles. The minimum absolute atomic E-state index is 0.124. The third-order valence-corrected chi connectivity index (χ3v) is 3.41. The number of methoxy groups -OCH3 is 1. The summed E-state index contributed by atoms with van der Waals surface area (Å²) in [4.78, 5) is 0. The third-order valence-electron chi connectivity index (χ3n) is 3.15. The summed E-state index contributed by atoms with van der Waals surface area (Å²) in [7, 11) is 1.62. The highest BCUT2D eigenvalue weighted by Crippen LogP contribution is 2.29. The van der Waals surface area contributed by atoms with Crippen molar-refractivity contribution in [3.8, 4) is 11.5 Å². The summed E-state index contributed by atoms with van der Waals surface area (Å²) in [5.41, 5.74) is 2.12. The summed E-state index contributed by atoms with van der Waals surface area (Å²) in [6.07, 6.45) is 0. The Balaban J connectivity index is 1.99. The van der Waals surface area contributed by atoms with E-state index >= 15 is 0 Å². The topological polar surface area (TPSA) is 50.7 Å². The smallest absolute Gasteiger partial charge is 0.161 e. The van der Waals surface area contributed by atoms with Gasteiger partial charge in [-0.2, -0.15) is 0 Å². The molecule has 118 valence electrons. The molecule has 0 aromatic heterocycles. The molecule has 5 heteroatoms. The molecule has 0 spiro atoms. The van der Waals surface area contributed by atoms with Crippen LogP contribution in [0.25, 0.3) is 0 Å². The van der Waals surface area contributed by atoms with E-state index in [1.807, 2.05) is 42.5 Å². The number of nitrogens with one attached hydrogen (secondary N) is 1. The lowest BCUT2D eigenvalue weighted by molar-refractivity contribution is 0.284. The van der Waals surface area contributed by atoms with E-state index in [0.717, 1.165) is 11.1 Å². The summed E-state index contributed by atoms with van der Waals surface area (Å²) < 4.78 is 11.2. The van der Waals surface area contributed by atoms with Crippen molar-refractivity contribution < 1.29 is 14.6 Å². The Morgan fingerprint density at radius 1 is 1.05 bits per heavy atom. The molecule has 0 fully saturated rings. The Labute approximate surface area is 135 Å². The summed E-state index contributed by atoms with van der Waals surface area (Å²) in [5, 5.41) is 12.6. The summed E-state index contributed by atoms with van der Waals surface area (Å²) in [6, 6.07) is 13.3. The highest BCUT2D eigenvalue weighted by molar-refractivity contribution is 6.30. The summed E-state index contributed by atoms with van der Waals surface area (Å²) >= 11 is 5.86. The lowest BCUT2D eigenvalue weighted by Gasteiger charge is -2.12. The zero-order valence-electron chi connectivity index (χ0n) is 12.5. The monoisotopic (exact) mass is 321 g/mol. The van der Waals surface area contributed by atoms with Crippen LogP contribution < -0.4 is 14.8 Å². The molecule has 2 rings (SSSR count). The van der Waals surface area contributed by atoms with Gasteiger partial charge in [0.25, 0.3) is 0 Å². The van der Waals surface area contributed by atoms with Crippen LogP contribution in [0.5, 0.6) is 11.5 Å². The zero-order chi connectivity index (χ0) is 15.8. The second-order valence-electron chi connectivity index (χ2n) is 4.80. The second-order valence-corrected chi connectivity index (χ2v) is 5.24. The molecule has 0 saturated carbocycles. The van der Waals surface area contributed by atoms with Gasteiger partial charge in [0, 0.05) is 18.1 Å². The first-order chi connectivity index (χ1) is 10.7. The van der Waals surface area contributed by atoms with Gasteiger partial charge in [-0.25, -0.2) is 0 Å². The van der Waals surface area contributed by atoms with E-state index in [-0.39, 0.29) is 6.61 Å². The molecule has 0 atom stereocenters. The van der Waals surface area contributed by atoms with Crippen LogP contribution >= 0.6 is 11.6 Å². The Morgan fingerprint density at radius 3 is 2.45 bits per heavy atom. The Morgan fingerprint density at radius 2 is 1.77 bits per heavy atom.